The summed E-state index contributed by atoms with van der Waals surface area (Å²) < 4.78 is 20.7. The molecule has 0 saturated heterocycles. The second-order valence-corrected chi connectivity index (χ2v) is 4.27. The van der Waals surface area contributed by atoms with Crippen molar-refractivity contribution in [2.75, 3.05) is 13.2 Å². The summed E-state index contributed by atoms with van der Waals surface area (Å²) in [5, 5.41) is 0. The molecule has 96 valence electrons. The predicted molar refractivity (Wildman–Crippen MR) is 69.0 cm³/mol. The smallest absolute Gasteiger partial charge is 0.333 e. The van der Waals surface area contributed by atoms with Crippen LogP contribution in [0, 0.1) is 0 Å². The molecule has 0 aromatic heterocycles. The van der Waals surface area contributed by atoms with Gasteiger partial charge in [-0.1, -0.05) is 18.7 Å². The van der Waals surface area contributed by atoms with E-state index in [1.165, 1.54) is 0 Å². The van der Waals surface area contributed by atoms with Gasteiger partial charge in [-0.15, -0.1) is 0 Å². The highest BCUT2D eigenvalue weighted by atomic mass is 31.1. The molecular formula is C13H15O4P. The van der Waals surface area contributed by atoms with E-state index in [0.717, 1.165) is 5.56 Å². The molecule has 0 heterocycles. The Balaban J connectivity index is 2.29. The van der Waals surface area contributed by atoms with Gasteiger partial charge in [-0.2, -0.15) is 0 Å². The minimum Gasteiger partial charge on any atom is -0.490 e. The normalized spacial score (nSPS) is 10.1. The van der Waals surface area contributed by atoms with Crippen LogP contribution in [0.25, 0.3) is 0 Å². The molecule has 0 bridgehead atoms. The molecule has 0 atom stereocenters. The van der Waals surface area contributed by atoms with Crippen molar-refractivity contribution >= 4 is 14.4 Å². The highest BCUT2D eigenvalue weighted by Crippen LogP contribution is 2.15. The summed E-state index contributed by atoms with van der Waals surface area (Å²) in [4.78, 5) is 11.1. The van der Waals surface area contributed by atoms with Crippen molar-refractivity contribution in [1.29, 1.82) is 0 Å². The Morgan fingerprint density at radius 2 is 1.94 bits per heavy atom. The lowest BCUT2D eigenvalue weighted by atomic mass is 10.2. The fraction of sp³-hybridized carbons (Fsp3) is 0.308. The molecule has 0 radical (unpaired) electrons. The van der Waals surface area contributed by atoms with Crippen LogP contribution in [0.4, 0.5) is 0 Å². The molecule has 1 aromatic carbocycles. The molecule has 0 saturated carbocycles. The molecule has 0 fully saturated rings. The van der Waals surface area contributed by atoms with Crippen LogP contribution in [0.15, 0.2) is 36.4 Å². The van der Waals surface area contributed by atoms with Crippen LogP contribution >= 0.6 is 8.46 Å². The van der Waals surface area contributed by atoms with Gasteiger partial charge in [-0.05, 0) is 24.6 Å². The maximum Gasteiger partial charge on any atom is 0.333 e. The van der Waals surface area contributed by atoms with Gasteiger partial charge in [0, 0.05) is 5.57 Å². The maximum absolute atomic E-state index is 11.1. The Morgan fingerprint density at radius 3 is 2.50 bits per heavy atom. The molecule has 0 aliphatic rings. The molecule has 0 aliphatic heterocycles. The third kappa shape index (κ3) is 5.11. The fourth-order valence-corrected chi connectivity index (χ4v) is 1.54. The fourth-order valence-electron chi connectivity index (χ4n) is 1.18. The third-order valence-electron chi connectivity index (χ3n) is 2.10. The van der Waals surface area contributed by atoms with Crippen molar-refractivity contribution in [3.8, 4) is 5.75 Å². The number of hydrogen-bond donors (Lipinski definition) is 0. The van der Waals surface area contributed by atoms with Crippen LogP contribution in [0.3, 0.4) is 0 Å². The molecule has 4 nitrogen and oxygen atoms in total. The van der Waals surface area contributed by atoms with Crippen molar-refractivity contribution in [3.63, 3.8) is 0 Å². The number of esters is 1. The van der Waals surface area contributed by atoms with Gasteiger partial charge < -0.3 is 9.47 Å². The Morgan fingerprint density at radius 1 is 1.28 bits per heavy atom. The Labute approximate surface area is 108 Å². The van der Waals surface area contributed by atoms with Gasteiger partial charge in [0.2, 0.25) is 0 Å². The first-order valence-corrected chi connectivity index (χ1v) is 6.46. The van der Waals surface area contributed by atoms with Gasteiger partial charge in [-0.25, -0.2) is 4.79 Å². The molecule has 18 heavy (non-hydrogen) atoms. The SMILES string of the molecule is C=C(C)C(=O)OCCOc1ccc(CP=O)cc1. The summed E-state index contributed by atoms with van der Waals surface area (Å²) >= 11 is 0. The van der Waals surface area contributed by atoms with E-state index in [9.17, 15) is 9.36 Å². The van der Waals surface area contributed by atoms with Gasteiger partial charge in [0.15, 0.2) is 8.46 Å². The average Bonchev–Trinajstić information content (AvgIpc) is 2.36. The van der Waals surface area contributed by atoms with E-state index in [4.69, 9.17) is 9.47 Å². The Bertz CT molecular complexity index is 425. The molecule has 0 amide bonds. The zero-order valence-corrected chi connectivity index (χ0v) is 11.1. The lowest BCUT2D eigenvalue weighted by Gasteiger charge is -2.07. The number of ether oxygens (including phenoxy) is 2. The van der Waals surface area contributed by atoms with Crippen LogP contribution < -0.4 is 4.74 Å². The van der Waals surface area contributed by atoms with Crippen molar-refractivity contribution in [2.24, 2.45) is 0 Å². The second-order valence-electron chi connectivity index (χ2n) is 3.70. The predicted octanol–water partition coefficient (Wildman–Crippen LogP) is 2.98. The number of rotatable bonds is 7. The van der Waals surface area contributed by atoms with Crippen molar-refractivity contribution in [1.82, 2.24) is 0 Å². The van der Waals surface area contributed by atoms with Gasteiger partial charge in [0.1, 0.15) is 19.0 Å². The van der Waals surface area contributed by atoms with Gasteiger partial charge in [0.05, 0.1) is 6.16 Å². The van der Waals surface area contributed by atoms with E-state index in [2.05, 4.69) is 6.58 Å². The van der Waals surface area contributed by atoms with Crippen LogP contribution in [-0.2, 0) is 20.3 Å². The Hall–Kier alpha value is -1.67. The molecule has 0 unspecified atom stereocenters. The molecule has 1 aromatic rings. The summed E-state index contributed by atoms with van der Waals surface area (Å²) in [6, 6.07) is 7.28. The first-order chi connectivity index (χ1) is 8.63. The van der Waals surface area contributed by atoms with E-state index < -0.39 is 5.97 Å². The van der Waals surface area contributed by atoms with Crippen LogP contribution in [-0.4, -0.2) is 19.2 Å². The molecule has 1 rings (SSSR count). The van der Waals surface area contributed by atoms with Crippen molar-refractivity contribution in [3.05, 3.63) is 42.0 Å². The highest BCUT2D eigenvalue weighted by molar-refractivity contribution is 7.22. The molecule has 0 N–H and O–H groups in total. The van der Waals surface area contributed by atoms with E-state index in [1.54, 1.807) is 19.1 Å². The van der Waals surface area contributed by atoms with E-state index in [1.807, 2.05) is 12.1 Å². The Kier molecular flexibility index (Phi) is 6.09. The van der Waals surface area contributed by atoms with Gasteiger partial charge >= 0.3 is 5.97 Å². The second kappa shape index (κ2) is 7.62. The van der Waals surface area contributed by atoms with E-state index >= 15 is 0 Å². The standard InChI is InChI=1S/C13H15O4P/c1-10(2)13(14)17-8-7-16-12-5-3-11(4-6-12)9-18-15/h3-6H,1,7-9H2,2H3. The van der Waals surface area contributed by atoms with Gasteiger partial charge in [-0.3, -0.25) is 4.57 Å². The molecule has 5 heteroatoms. The average molecular weight is 266 g/mol. The topological polar surface area (TPSA) is 52.6 Å². The summed E-state index contributed by atoms with van der Waals surface area (Å²) in [6.45, 7) is 5.55. The van der Waals surface area contributed by atoms with Gasteiger partial charge in [0.25, 0.3) is 0 Å². The highest BCUT2D eigenvalue weighted by Gasteiger charge is 2.02. The minimum atomic E-state index is -0.414. The zero-order chi connectivity index (χ0) is 13.4. The van der Waals surface area contributed by atoms with Crippen LogP contribution in [0.1, 0.15) is 12.5 Å². The summed E-state index contributed by atoms with van der Waals surface area (Å²) in [6.07, 6.45) is 0.497. The largest absolute Gasteiger partial charge is 0.490 e. The first-order valence-electron chi connectivity index (χ1n) is 5.47. The quantitative estimate of drug-likeness (QED) is 0.329. The lowest BCUT2D eigenvalue weighted by Crippen LogP contribution is -2.12. The van der Waals surface area contributed by atoms with Crippen LogP contribution in [0.2, 0.25) is 0 Å². The zero-order valence-electron chi connectivity index (χ0n) is 10.2. The summed E-state index contributed by atoms with van der Waals surface area (Å²) in [5.74, 6) is 0.274. The monoisotopic (exact) mass is 266 g/mol. The lowest BCUT2D eigenvalue weighted by molar-refractivity contribution is -0.139. The van der Waals surface area contributed by atoms with Crippen molar-refractivity contribution < 1.29 is 18.8 Å². The van der Waals surface area contributed by atoms with Crippen molar-refractivity contribution in [2.45, 2.75) is 13.1 Å². The first kappa shape index (κ1) is 14.4. The number of hydrogen-bond acceptors (Lipinski definition) is 4. The van der Waals surface area contributed by atoms with Crippen LogP contribution in [0.5, 0.6) is 5.75 Å². The minimum absolute atomic E-state index is 0.101. The molecule has 0 spiro atoms. The maximum atomic E-state index is 11.1. The number of benzene rings is 1. The number of carbonyl (C=O) groups is 1. The third-order valence-corrected chi connectivity index (χ3v) is 2.60. The molecular weight excluding hydrogens is 251 g/mol. The van der Waals surface area contributed by atoms with E-state index in [0.29, 0.717) is 17.5 Å². The number of carbonyl (C=O) groups excluding carboxylic acids is 1. The summed E-state index contributed by atoms with van der Waals surface area (Å²) in [5.41, 5.74) is 1.35. The summed E-state index contributed by atoms with van der Waals surface area (Å²) in [7, 11) is 0.101. The van der Waals surface area contributed by atoms with E-state index in [-0.39, 0.29) is 21.7 Å². The molecule has 0 aliphatic carbocycles.